The molecular weight excluding hydrogens is 387 g/mol. The van der Waals surface area contributed by atoms with Crippen LogP contribution in [0.15, 0.2) is 40.5 Å². The molecule has 0 unspecified atom stereocenters. The molecule has 2 aliphatic carbocycles. The minimum Gasteiger partial charge on any atom is -0.393 e. The average molecular weight is 414 g/mol. The van der Waals surface area contributed by atoms with Crippen molar-refractivity contribution in [1.82, 2.24) is 10.6 Å². The number of hydrogen-bond donors (Lipinski definition) is 4. The van der Waals surface area contributed by atoms with Crippen LogP contribution in [-0.2, 0) is 9.59 Å². The number of carbonyl (C=O) groups is 2. The Morgan fingerprint density at radius 3 is 2.67 bits per heavy atom. The maximum absolute atomic E-state index is 13.5. The highest BCUT2D eigenvalue weighted by atomic mass is 19.1. The molecule has 7 nitrogen and oxygen atoms in total. The van der Waals surface area contributed by atoms with Gasteiger partial charge in [-0.1, -0.05) is 19.1 Å². The molecule has 1 amide bonds. The van der Waals surface area contributed by atoms with Crippen LogP contribution in [0.3, 0.4) is 0 Å². The van der Waals surface area contributed by atoms with Gasteiger partial charge in [-0.3, -0.25) is 9.59 Å². The van der Waals surface area contributed by atoms with Crippen LogP contribution in [-0.4, -0.2) is 34.9 Å². The van der Waals surface area contributed by atoms with Gasteiger partial charge in [0.05, 0.1) is 6.10 Å². The lowest BCUT2D eigenvalue weighted by Crippen LogP contribution is -2.53. The molecular formula is C22H27FN4O3. The van der Waals surface area contributed by atoms with Crippen molar-refractivity contribution < 1.29 is 19.1 Å². The van der Waals surface area contributed by atoms with Crippen molar-refractivity contribution in [2.24, 2.45) is 16.1 Å². The van der Waals surface area contributed by atoms with Crippen molar-refractivity contribution in [3.63, 3.8) is 0 Å². The lowest BCUT2D eigenvalue weighted by molar-refractivity contribution is -0.121. The van der Waals surface area contributed by atoms with Crippen LogP contribution in [0.25, 0.3) is 0 Å². The number of nitrogens with one attached hydrogen (secondary N) is 2. The highest BCUT2D eigenvalue weighted by Gasteiger charge is 2.42. The molecule has 1 saturated carbocycles. The van der Waals surface area contributed by atoms with Gasteiger partial charge in [0.2, 0.25) is 5.91 Å². The van der Waals surface area contributed by atoms with Gasteiger partial charge in [-0.2, -0.15) is 0 Å². The Bertz CT molecular complexity index is 921. The number of halogens is 1. The number of amides is 1. The third-order valence-corrected chi connectivity index (χ3v) is 6.23. The van der Waals surface area contributed by atoms with Crippen LogP contribution in [0.5, 0.6) is 0 Å². The Morgan fingerprint density at radius 1 is 1.33 bits per heavy atom. The van der Waals surface area contributed by atoms with Gasteiger partial charge in [-0.25, -0.2) is 9.38 Å². The first kappa shape index (κ1) is 20.5. The Kier molecular flexibility index (Phi) is 5.36. The van der Waals surface area contributed by atoms with Crippen molar-refractivity contribution in [3.05, 3.63) is 46.9 Å². The van der Waals surface area contributed by atoms with Crippen molar-refractivity contribution >= 4 is 17.6 Å². The average Bonchev–Trinajstić information content (AvgIpc) is 2.65. The Balaban J connectivity index is 1.64. The molecule has 2 atom stereocenters. The van der Waals surface area contributed by atoms with Gasteiger partial charge < -0.3 is 21.5 Å². The number of hydrogen-bond acceptors (Lipinski definition) is 6. The first-order chi connectivity index (χ1) is 14.2. The monoisotopic (exact) mass is 414 g/mol. The van der Waals surface area contributed by atoms with Gasteiger partial charge in [0.25, 0.3) is 0 Å². The van der Waals surface area contributed by atoms with Crippen LogP contribution in [0.2, 0.25) is 0 Å². The maximum Gasteiger partial charge on any atom is 0.217 e. The number of ketones is 1. The number of Topliss-reactive ketones (excluding diaryl/α,β-unsaturated/α-hetero) is 1. The van der Waals surface area contributed by atoms with E-state index in [2.05, 4.69) is 10.6 Å². The minimum absolute atomic E-state index is 0.0214. The molecule has 0 spiro atoms. The van der Waals surface area contributed by atoms with Gasteiger partial charge in [0.1, 0.15) is 11.9 Å². The van der Waals surface area contributed by atoms with Crippen molar-refractivity contribution in [3.8, 4) is 0 Å². The van der Waals surface area contributed by atoms with Crippen LogP contribution < -0.4 is 16.4 Å². The number of carbonyl (C=O) groups excluding carboxylic acids is 2. The molecule has 0 saturated heterocycles. The van der Waals surface area contributed by atoms with Crippen LogP contribution >= 0.6 is 0 Å². The number of aliphatic hydroxyl groups excluding tert-OH is 1. The molecule has 0 bridgehead atoms. The SMILES string of the molecule is C[C@@]1(CCC(N)=O)CC(=O)C2=C(C1)NC(NC1CC(O)C1)=N[C@H]2c1ccc(F)cc1. The van der Waals surface area contributed by atoms with E-state index in [4.69, 9.17) is 10.7 Å². The molecule has 0 radical (unpaired) electrons. The van der Waals surface area contributed by atoms with Crippen LogP contribution in [0.1, 0.15) is 57.1 Å². The number of aliphatic imine (C=N–C) groups is 1. The molecule has 1 fully saturated rings. The second kappa shape index (κ2) is 7.83. The molecule has 8 heteroatoms. The predicted octanol–water partition coefficient (Wildman–Crippen LogP) is 1.83. The highest BCUT2D eigenvalue weighted by molar-refractivity contribution is 6.01. The molecule has 1 aliphatic heterocycles. The van der Waals surface area contributed by atoms with Crippen molar-refractivity contribution in [2.45, 2.75) is 63.6 Å². The van der Waals surface area contributed by atoms with E-state index in [-0.39, 0.29) is 41.5 Å². The summed E-state index contributed by atoms with van der Waals surface area (Å²) in [6.07, 6.45) is 2.64. The van der Waals surface area contributed by atoms with Crippen molar-refractivity contribution in [1.29, 1.82) is 0 Å². The van der Waals surface area contributed by atoms with E-state index < -0.39 is 6.04 Å². The smallest absolute Gasteiger partial charge is 0.217 e. The fraction of sp³-hybridized carbons (Fsp3) is 0.500. The largest absolute Gasteiger partial charge is 0.393 e. The van der Waals surface area contributed by atoms with E-state index >= 15 is 0 Å². The summed E-state index contributed by atoms with van der Waals surface area (Å²) < 4.78 is 13.5. The molecule has 30 heavy (non-hydrogen) atoms. The second-order valence-electron chi connectivity index (χ2n) is 8.97. The predicted molar refractivity (Wildman–Crippen MR) is 110 cm³/mol. The molecule has 1 heterocycles. The Labute approximate surface area is 174 Å². The lowest BCUT2D eigenvalue weighted by atomic mass is 9.69. The molecule has 5 N–H and O–H groups in total. The summed E-state index contributed by atoms with van der Waals surface area (Å²) in [6.45, 7) is 1.99. The van der Waals surface area contributed by atoms with E-state index in [0.29, 0.717) is 43.6 Å². The Hall–Kier alpha value is -2.74. The third kappa shape index (κ3) is 4.23. The van der Waals surface area contributed by atoms with Crippen molar-refractivity contribution in [2.75, 3.05) is 0 Å². The molecule has 160 valence electrons. The lowest BCUT2D eigenvalue weighted by Gasteiger charge is -2.41. The summed E-state index contributed by atoms with van der Waals surface area (Å²) in [5.74, 6) is -0.197. The first-order valence-electron chi connectivity index (χ1n) is 10.3. The van der Waals surface area contributed by atoms with Gasteiger partial charge >= 0.3 is 0 Å². The zero-order valence-electron chi connectivity index (χ0n) is 17.0. The summed E-state index contributed by atoms with van der Waals surface area (Å²) in [6, 6.07) is 5.63. The zero-order valence-corrected chi connectivity index (χ0v) is 17.0. The third-order valence-electron chi connectivity index (χ3n) is 6.23. The summed E-state index contributed by atoms with van der Waals surface area (Å²) in [7, 11) is 0. The van der Waals surface area contributed by atoms with E-state index in [1.807, 2.05) is 6.92 Å². The number of nitrogens with two attached hydrogens (primary N) is 1. The standard InChI is InChI=1S/C22H27FN4O3/c1-22(7-6-18(24)30)10-16-19(17(29)11-22)20(12-2-4-13(23)5-3-12)27-21(26-16)25-14-8-15(28)9-14/h2-5,14-15,20,28H,6-11H2,1H3,(H2,24,30)(H2,25,26,27)/t14?,15?,20-,22-/m0/s1. The first-order valence-corrected chi connectivity index (χ1v) is 10.3. The summed E-state index contributed by atoms with van der Waals surface area (Å²) >= 11 is 0. The fourth-order valence-corrected chi connectivity index (χ4v) is 4.49. The minimum atomic E-state index is -0.525. The maximum atomic E-state index is 13.5. The highest BCUT2D eigenvalue weighted by Crippen LogP contribution is 2.45. The van der Waals surface area contributed by atoms with Gasteiger partial charge in [0, 0.05) is 30.2 Å². The quantitative estimate of drug-likeness (QED) is 0.587. The molecule has 4 rings (SSSR count). The van der Waals surface area contributed by atoms with Crippen LogP contribution in [0, 0.1) is 11.2 Å². The number of aliphatic hydroxyl groups is 1. The fourth-order valence-electron chi connectivity index (χ4n) is 4.49. The molecule has 1 aromatic carbocycles. The summed E-state index contributed by atoms with van der Waals surface area (Å²) in [5.41, 5.74) is 7.07. The number of primary amides is 1. The second-order valence-corrected chi connectivity index (χ2v) is 8.97. The van der Waals surface area contributed by atoms with Crippen LogP contribution in [0.4, 0.5) is 4.39 Å². The van der Waals surface area contributed by atoms with Gasteiger partial charge in [0.15, 0.2) is 11.7 Å². The van der Waals surface area contributed by atoms with E-state index in [0.717, 1.165) is 11.3 Å². The number of benzene rings is 1. The van der Waals surface area contributed by atoms with E-state index in [9.17, 15) is 19.1 Å². The molecule has 0 aromatic heterocycles. The van der Waals surface area contributed by atoms with Gasteiger partial charge in [-0.05, 0) is 48.8 Å². The zero-order chi connectivity index (χ0) is 21.5. The number of allylic oxidation sites excluding steroid dienone is 1. The summed E-state index contributed by atoms with van der Waals surface area (Å²) in [5, 5.41) is 16.2. The number of rotatable bonds is 5. The normalized spacial score (nSPS) is 30.7. The van der Waals surface area contributed by atoms with E-state index in [1.165, 1.54) is 12.1 Å². The topological polar surface area (TPSA) is 117 Å². The number of guanidine groups is 1. The Morgan fingerprint density at radius 2 is 2.03 bits per heavy atom. The van der Waals surface area contributed by atoms with E-state index in [1.54, 1.807) is 12.1 Å². The molecule has 1 aromatic rings. The molecule has 3 aliphatic rings. The van der Waals surface area contributed by atoms with Gasteiger partial charge in [-0.15, -0.1) is 0 Å². The number of nitrogens with zero attached hydrogens (tertiary/aromatic N) is 1. The summed E-state index contributed by atoms with van der Waals surface area (Å²) in [4.78, 5) is 29.2.